The second-order valence-corrected chi connectivity index (χ2v) is 20.2. The van der Waals surface area contributed by atoms with E-state index >= 15 is 0 Å². The van der Waals surface area contributed by atoms with E-state index in [1.807, 2.05) is 0 Å². The molecule has 0 saturated heterocycles. The number of unbranched alkanes of at least 4 members (excludes halogenated alkanes) is 3. The third kappa shape index (κ3) is 5.31. The Hall–Kier alpha value is -0.381. The maximum absolute atomic E-state index is 5.72. The first-order valence-corrected chi connectivity index (χ1v) is 17.3. The van der Waals surface area contributed by atoms with Gasteiger partial charge in [-0.15, -0.1) is 0 Å². The zero-order valence-electron chi connectivity index (χ0n) is 16.8. The van der Waals surface area contributed by atoms with Gasteiger partial charge >= 0.3 is 154 Å². The van der Waals surface area contributed by atoms with Crippen molar-refractivity contribution in [2.75, 3.05) is 14.2 Å². The van der Waals surface area contributed by atoms with Crippen LogP contribution in [-0.2, 0) is 0 Å². The van der Waals surface area contributed by atoms with Crippen molar-refractivity contribution in [1.82, 2.24) is 0 Å². The number of hydrogen-bond donors (Lipinski definition) is 0. The third-order valence-electron chi connectivity index (χ3n) is 5.39. The van der Waals surface area contributed by atoms with Crippen LogP contribution < -0.4 is 13.1 Å². The van der Waals surface area contributed by atoms with Crippen molar-refractivity contribution in [3.8, 4) is 11.5 Å². The molecule has 2 nitrogen and oxygen atoms in total. The second-order valence-electron chi connectivity index (χ2n) is 7.06. The van der Waals surface area contributed by atoms with E-state index in [0.717, 1.165) is 11.5 Å². The molecule has 0 heterocycles. The summed E-state index contributed by atoms with van der Waals surface area (Å²) in [6.07, 6.45) is 8.08. The van der Waals surface area contributed by atoms with Gasteiger partial charge in [0.05, 0.1) is 0 Å². The van der Waals surface area contributed by atoms with E-state index in [4.69, 9.17) is 9.47 Å². The summed E-state index contributed by atoms with van der Waals surface area (Å²) in [7, 11) is 3.51. The predicted octanol–water partition coefficient (Wildman–Crippen LogP) is 6.07. The van der Waals surface area contributed by atoms with Crippen LogP contribution in [0.25, 0.3) is 0 Å². The summed E-state index contributed by atoms with van der Waals surface area (Å²) in [5.41, 5.74) is 1.36. The molecule has 0 unspecified atom stereocenters. The van der Waals surface area contributed by atoms with Crippen molar-refractivity contribution in [3.05, 3.63) is 17.7 Å². The van der Waals surface area contributed by atoms with Crippen LogP contribution in [0.3, 0.4) is 0 Å². The molecule has 0 atom stereocenters. The van der Waals surface area contributed by atoms with Crippen LogP contribution in [0.5, 0.6) is 11.5 Å². The normalized spacial score (nSPS) is 11.6. The minimum absolute atomic E-state index is 0.875. The van der Waals surface area contributed by atoms with Crippen LogP contribution in [0.2, 0.25) is 13.3 Å². The summed E-state index contributed by atoms with van der Waals surface area (Å²) in [5.74, 6) is 1.83. The van der Waals surface area contributed by atoms with E-state index in [1.54, 1.807) is 17.8 Å². The van der Waals surface area contributed by atoms with Crippen molar-refractivity contribution >= 4 is 22.0 Å². The second kappa shape index (κ2) is 11.3. The van der Waals surface area contributed by atoms with Crippen molar-refractivity contribution in [3.63, 3.8) is 0 Å². The molecule has 0 N–H and O–H groups in total. The summed E-state index contributed by atoms with van der Waals surface area (Å²) in [4.78, 5) is 0. The van der Waals surface area contributed by atoms with Gasteiger partial charge in [0.2, 0.25) is 0 Å². The summed E-state index contributed by atoms with van der Waals surface area (Å²) in [6, 6.07) is 4.55. The monoisotopic (exact) mass is 442 g/mol. The number of benzene rings is 1. The van der Waals surface area contributed by atoms with E-state index in [2.05, 4.69) is 39.8 Å². The SMILES string of the molecule is CCC[CH2][Sn]([CH2]CCC)([CH2]CCC)[c]1ccc(OC)c(OC)c1C. The summed E-state index contributed by atoms with van der Waals surface area (Å²) in [6.45, 7) is 9.25. The zero-order chi connectivity index (χ0) is 18.0. The van der Waals surface area contributed by atoms with Crippen LogP contribution in [0, 0.1) is 6.92 Å². The number of ether oxygens (including phenoxy) is 2. The average Bonchev–Trinajstić information content (AvgIpc) is 2.61. The summed E-state index contributed by atoms with van der Waals surface area (Å²) >= 11 is -2.41. The Balaban J connectivity index is 3.38. The molecule has 1 aromatic carbocycles. The van der Waals surface area contributed by atoms with E-state index < -0.39 is 18.4 Å². The van der Waals surface area contributed by atoms with E-state index in [0.29, 0.717) is 0 Å². The van der Waals surface area contributed by atoms with Gasteiger partial charge < -0.3 is 0 Å². The van der Waals surface area contributed by atoms with Crippen molar-refractivity contribution in [2.45, 2.75) is 79.5 Å². The minimum atomic E-state index is -2.41. The van der Waals surface area contributed by atoms with Crippen LogP contribution in [0.15, 0.2) is 12.1 Å². The fourth-order valence-electron chi connectivity index (χ4n) is 3.98. The van der Waals surface area contributed by atoms with E-state index in [9.17, 15) is 0 Å². The number of hydrogen-bond acceptors (Lipinski definition) is 2. The Morgan fingerprint density at radius 3 is 1.67 bits per heavy atom. The molecule has 0 spiro atoms. The molecule has 3 heteroatoms. The molecular weight excluding hydrogens is 403 g/mol. The molecule has 0 aliphatic heterocycles. The first-order chi connectivity index (χ1) is 11.6. The molecule has 0 radical (unpaired) electrons. The summed E-state index contributed by atoms with van der Waals surface area (Å²) < 4.78 is 17.4. The topological polar surface area (TPSA) is 18.5 Å². The van der Waals surface area contributed by atoms with Crippen LogP contribution >= 0.6 is 0 Å². The number of methoxy groups -OCH3 is 2. The molecule has 1 aromatic rings. The van der Waals surface area contributed by atoms with Gasteiger partial charge in [-0.2, -0.15) is 0 Å². The van der Waals surface area contributed by atoms with Crippen molar-refractivity contribution in [1.29, 1.82) is 0 Å². The van der Waals surface area contributed by atoms with Gasteiger partial charge in [-0.25, -0.2) is 0 Å². The predicted molar refractivity (Wildman–Crippen MR) is 109 cm³/mol. The Labute approximate surface area is 154 Å². The number of rotatable bonds is 12. The van der Waals surface area contributed by atoms with Gasteiger partial charge in [-0.05, 0) is 0 Å². The van der Waals surface area contributed by atoms with Crippen molar-refractivity contribution in [2.24, 2.45) is 0 Å². The fraction of sp³-hybridized carbons (Fsp3) is 0.714. The fourth-order valence-corrected chi connectivity index (χ4v) is 21.1. The van der Waals surface area contributed by atoms with Crippen LogP contribution in [0.4, 0.5) is 0 Å². The van der Waals surface area contributed by atoms with Crippen molar-refractivity contribution < 1.29 is 9.47 Å². The maximum atomic E-state index is 5.72. The van der Waals surface area contributed by atoms with Gasteiger partial charge in [0.25, 0.3) is 0 Å². The van der Waals surface area contributed by atoms with Gasteiger partial charge in [0, 0.05) is 0 Å². The Kier molecular flexibility index (Phi) is 10.2. The molecule has 0 saturated carbocycles. The molecule has 138 valence electrons. The molecule has 0 aliphatic carbocycles. The van der Waals surface area contributed by atoms with Gasteiger partial charge in [0.15, 0.2) is 0 Å². The standard InChI is InChI=1S/C9H11O2.3C4H9.Sn/c1-7-5-4-6-8(10-2)9(7)11-3;3*1-3-4-2;/h4,6H,1-3H3;3*1,3-4H2,2H3;. The first-order valence-electron chi connectivity index (χ1n) is 9.82. The van der Waals surface area contributed by atoms with E-state index in [1.165, 1.54) is 57.4 Å². The summed E-state index contributed by atoms with van der Waals surface area (Å²) in [5, 5.41) is 0. The first kappa shape index (κ1) is 21.7. The molecule has 0 aromatic heterocycles. The van der Waals surface area contributed by atoms with Gasteiger partial charge in [-0.3, -0.25) is 0 Å². The molecule has 1 rings (SSSR count). The van der Waals surface area contributed by atoms with Gasteiger partial charge in [-0.1, -0.05) is 0 Å². The Bertz CT molecular complexity index is 463. The van der Waals surface area contributed by atoms with Gasteiger partial charge in [0.1, 0.15) is 0 Å². The van der Waals surface area contributed by atoms with Crippen LogP contribution in [0.1, 0.15) is 64.9 Å². The molecule has 0 amide bonds. The molecule has 24 heavy (non-hydrogen) atoms. The zero-order valence-corrected chi connectivity index (χ0v) is 19.7. The Morgan fingerprint density at radius 2 is 1.29 bits per heavy atom. The third-order valence-corrected chi connectivity index (χ3v) is 21.4. The quantitative estimate of drug-likeness (QED) is 0.367. The molecule has 0 fully saturated rings. The average molecular weight is 441 g/mol. The van der Waals surface area contributed by atoms with Crippen LogP contribution in [-0.4, -0.2) is 32.6 Å². The van der Waals surface area contributed by atoms with E-state index in [-0.39, 0.29) is 0 Å². The molecular formula is C21H38O2Sn. The molecule has 0 bridgehead atoms. The molecule has 0 aliphatic rings. The Morgan fingerprint density at radius 1 is 0.792 bits per heavy atom.